The van der Waals surface area contributed by atoms with E-state index in [1.807, 2.05) is 0 Å². The summed E-state index contributed by atoms with van der Waals surface area (Å²) in [4.78, 5) is 32.8. The second-order valence-electron chi connectivity index (χ2n) is 3.68. The number of anilines is 1. The average Bonchev–Trinajstić information content (AvgIpc) is 2.40. The molecule has 0 aliphatic rings. The maximum absolute atomic E-state index is 11.6. The smallest absolute Gasteiger partial charge is 0.332 e. The number of rotatable bonds is 5. The summed E-state index contributed by atoms with van der Waals surface area (Å²) in [6.07, 6.45) is 0. The third-order valence-corrected chi connectivity index (χ3v) is 2.27. The molecule has 0 heterocycles. The largest absolute Gasteiger partial charge is 0.506 e. The molecule has 20 heavy (non-hydrogen) atoms. The molecule has 0 saturated heterocycles. The fraction of sp³-hybridized carbons (Fsp3) is 0.273. The van der Waals surface area contributed by atoms with Crippen molar-refractivity contribution in [1.29, 1.82) is 0 Å². The van der Waals surface area contributed by atoms with Crippen LogP contribution < -0.4 is 11.1 Å². The Kier molecular flexibility index (Phi) is 4.98. The number of nitrogens with one attached hydrogen (secondary N) is 1. The molecule has 0 aromatic heterocycles. The number of nitrogens with two attached hydrogens (primary N) is 1. The van der Waals surface area contributed by atoms with Crippen LogP contribution in [0.2, 0.25) is 0 Å². The first-order valence-corrected chi connectivity index (χ1v) is 5.57. The Labute approximate surface area is 113 Å². The van der Waals surface area contributed by atoms with Crippen LogP contribution in [0.25, 0.3) is 0 Å². The number of carbonyl (C=O) groups is 2. The van der Waals surface area contributed by atoms with E-state index < -0.39 is 22.8 Å². The molecule has 0 aliphatic heterocycles. The quantitative estimate of drug-likeness (QED) is 0.229. The number of hydrogen-bond acceptors (Lipinski definition) is 7. The maximum atomic E-state index is 11.6. The van der Waals surface area contributed by atoms with E-state index in [9.17, 15) is 24.8 Å². The number of amides is 1. The van der Waals surface area contributed by atoms with Gasteiger partial charge >= 0.3 is 5.97 Å². The van der Waals surface area contributed by atoms with Gasteiger partial charge in [-0.15, -0.1) is 0 Å². The van der Waals surface area contributed by atoms with Crippen LogP contribution in [-0.2, 0) is 14.3 Å². The SMILES string of the molecule is CCOC(=O)C(N)C(=O)Nc1cc([N+](=O)[O-])ccc1O. The molecule has 0 bridgehead atoms. The third-order valence-electron chi connectivity index (χ3n) is 2.27. The van der Waals surface area contributed by atoms with E-state index in [4.69, 9.17) is 5.73 Å². The molecule has 1 atom stereocenters. The zero-order valence-corrected chi connectivity index (χ0v) is 10.5. The second kappa shape index (κ2) is 6.48. The van der Waals surface area contributed by atoms with Crippen LogP contribution in [0.3, 0.4) is 0 Å². The van der Waals surface area contributed by atoms with Gasteiger partial charge in [-0.05, 0) is 13.0 Å². The van der Waals surface area contributed by atoms with E-state index >= 15 is 0 Å². The molecule has 9 heteroatoms. The minimum atomic E-state index is -1.59. The van der Waals surface area contributed by atoms with E-state index in [1.165, 1.54) is 0 Å². The lowest BCUT2D eigenvalue weighted by Gasteiger charge is -2.11. The summed E-state index contributed by atoms with van der Waals surface area (Å²) in [7, 11) is 0. The van der Waals surface area contributed by atoms with Crippen molar-refractivity contribution in [2.75, 3.05) is 11.9 Å². The van der Waals surface area contributed by atoms with Gasteiger partial charge in [0.2, 0.25) is 0 Å². The molecule has 1 aromatic rings. The molecule has 0 aliphatic carbocycles. The molecule has 1 rings (SSSR count). The molecule has 1 unspecified atom stereocenters. The van der Waals surface area contributed by atoms with Gasteiger partial charge in [-0.25, -0.2) is 4.79 Å². The highest BCUT2D eigenvalue weighted by atomic mass is 16.6. The lowest BCUT2D eigenvalue weighted by atomic mass is 10.2. The Morgan fingerprint density at radius 2 is 2.20 bits per heavy atom. The van der Waals surface area contributed by atoms with E-state index in [0.29, 0.717) is 0 Å². The van der Waals surface area contributed by atoms with Gasteiger partial charge in [0.25, 0.3) is 11.6 Å². The zero-order chi connectivity index (χ0) is 15.3. The Hall–Kier alpha value is -2.68. The van der Waals surface area contributed by atoms with Crippen molar-refractivity contribution in [1.82, 2.24) is 0 Å². The van der Waals surface area contributed by atoms with E-state index in [0.717, 1.165) is 18.2 Å². The highest BCUT2D eigenvalue weighted by Crippen LogP contribution is 2.27. The minimum absolute atomic E-state index is 0.0574. The molecule has 0 spiro atoms. The van der Waals surface area contributed by atoms with Crippen molar-refractivity contribution in [2.24, 2.45) is 5.73 Å². The molecule has 4 N–H and O–H groups in total. The van der Waals surface area contributed by atoms with Crippen molar-refractivity contribution >= 4 is 23.3 Å². The van der Waals surface area contributed by atoms with Crippen LogP contribution in [0.4, 0.5) is 11.4 Å². The molecule has 0 radical (unpaired) electrons. The van der Waals surface area contributed by atoms with Crippen LogP contribution in [0, 0.1) is 10.1 Å². The number of hydrogen-bond donors (Lipinski definition) is 3. The fourth-order valence-electron chi connectivity index (χ4n) is 1.29. The second-order valence-corrected chi connectivity index (χ2v) is 3.68. The molecule has 1 aromatic carbocycles. The number of ether oxygens (including phenoxy) is 1. The van der Waals surface area contributed by atoms with Crippen molar-refractivity contribution in [2.45, 2.75) is 13.0 Å². The van der Waals surface area contributed by atoms with Crippen LogP contribution in [0.1, 0.15) is 6.92 Å². The first-order chi connectivity index (χ1) is 9.36. The molecule has 1 amide bonds. The van der Waals surface area contributed by atoms with Crippen LogP contribution in [0.5, 0.6) is 5.75 Å². The van der Waals surface area contributed by atoms with E-state index in [2.05, 4.69) is 10.1 Å². The number of esters is 1. The third kappa shape index (κ3) is 3.65. The Morgan fingerprint density at radius 3 is 2.75 bits per heavy atom. The van der Waals surface area contributed by atoms with E-state index in [1.54, 1.807) is 6.92 Å². The van der Waals surface area contributed by atoms with Gasteiger partial charge in [-0.2, -0.15) is 0 Å². The summed E-state index contributed by atoms with van der Waals surface area (Å²) in [6.45, 7) is 1.61. The maximum Gasteiger partial charge on any atom is 0.332 e. The number of phenols is 1. The standard InChI is InChI=1S/C11H13N3O6/c1-2-20-11(17)9(12)10(16)13-7-5-6(14(18)19)3-4-8(7)15/h3-5,9,15H,2,12H2,1H3,(H,13,16). The molecule has 108 valence electrons. The first-order valence-electron chi connectivity index (χ1n) is 5.57. The number of carbonyl (C=O) groups excluding carboxylic acids is 2. The van der Waals surface area contributed by atoms with Gasteiger partial charge in [0.1, 0.15) is 5.75 Å². The highest BCUT2D eigenvalue weighted by molar-refractivity contribution is 6.08. The first kappa shape index (κ1) is 15.4. The Morgan fingerprint density at radius 1 is 1.55 bits per heavy atom. The number of aromatic hydroxyl groups is 1. The summed E-state index contributed by atoms with van der Waals surface area (Å²) in [6, 6.07) is 1.47. The molecular weight excluding hydrogens is 270 g/mol. The van der Waals surface area contributed by atoms with Crippen LogP contribution >= 0.6 is 0 Å². The highest BCUT2D eigenvalue weighted by Gasteiger charge is 2.24. The monoisotopic (exact) mass is 283 g/mol. The Balaban J connectivity index is 2.87. The fourth-order valence-corrected chi connectivity index (χ4v) is 1.29. The van der Waals surface area contributed by atoms with Gasteiger partial charge in [0.05, 0.1) is 17.2 Å². The minimum Gasteiger partial charge on any atom is -0.506 e. The number of benzene rings is 1. The predicted molar refractivity (Wildman–Crippen MR) is 68.0 cm³/mol. The van der Waals surface area contributed by atoms with Gasteiger partial charge in [-0.1, -0.05) is 0 Å². The summed E-state index contributed by atoms with van der Waals surface area (Å²) in [5, 5.41) is 22.2. The van der Waals surface area contributed by atoms with E-state index in [-0.39, 0.29) is 23.7 Å². The topological polar surface area (TPSA) is 145 Å². The average molecular weight is 283 g/mol. The van der Waals surface area contributed by atoms with Gasteiger partial charge < -0.3 is 20.9 Å². The summed E-state index contributed by atoms with van der Waals surface area (Å²) in [5.41, 5.74) is 4.79. The summed E-state index contributed by atoms with van der Waals surface area (Å²) in [5.74, 6) is -2.27. The number of phenolic OH excluding ortho intramolecular Hbond substituents is 1. The van der Waals surface area contributed by atoms with Crippen LogP contribution in [-0.4, -0.2) is 34.6 Å². The summed E-state index contributed by atoms with van der Waals surface area (Å²) >= 11 is 0. The normalized spacial score (nSPS) is 11.5. The Bertz CT molecular complexity index is 545. The lowest BCUT2D eigenvalue weighted by molar-refractivity contribution is -0.384. The molecule has 0 fully saturated rings. The van der Waals surface area contributed by atoms with Crippen molar-refractivity contribution in [3.63, 3.8) is 0 Å². The van der Waals surface area contributed by atoms with Crippen LogP contribution in [0.15, 0.2) is 18.2 Å². The number of nitro benzene ring substituents is 1. The number of nitro groups is 1. The number of non-ortho nitro benzene ring substituents is 1. The molecule has 9 nitrogen and oxygen atoms in total. The van der Waals surface area contributed by atoms with Crippen molar-refractivity contribution in [3.05, 3.63) is 28.3 Å². The van der Waals surface area contributed by atoms with Gasteiger partial charge in [0.15, 0.2) is 6.04 Å². The molecule has 0 saturated carbocycles. The molecular formula is C11H13N3O6. The predicted octanol–water partition coefficient (Wildman–Crippen LogP) is 0.129. The lowest BCUT2D eigenvalue weighted by Crippen LogP contribution is -2.43. The number of nitrogens with zero attached hydrogens (tertiary/aromatic N) is 1. The summed E-state index contributed by atoms with van der Waals surface area (Å²) < 4.78 is 4.56. The zero-order valence-electron chi connectivity index (χ0n) is 10.5. The van der Waals surface area contributed by atoms with Crippen molar-refractivity contribution < 1.29 is 24.4 Å². The van der Waals surface area contributed by atoms with Gasteiger partial charge in [-0.3, -0.25) is 14.9 Å². The van der Waals surface area contributed by atoms with Crippen molar-refractivity contribution in [3.8, 4) is 5.75 Å². The van der Waals surface area contributed by atoms with Gasteiger partial charge in [0, 0.05) is 12.1 Å².